The molecule has 0 bridgehead atoms. The second-order valence-electron chi connectivity index (χ2n) is 4.98. The molecule has 0 rings (SSSR count). The minimum absolute atomic E-state index is 0.176. The van der Waals surface area contributed by atoms with Crippen LogP contribution in [-0.2, 0) is 9.53 Å². The fraction of sp³-hybridized carbons (Fsp3) is 0.909. The number of aliphatic hydroxyl groups is 1. The molecule has 0 radical (unpaired) electrons. The molecule has 1 unspecified atom stereocenters. The summed E-state index contributed by atoms with van der Waals surface area (Å²) in [4.78, 5) is 13.5. The van der Waals surface area contributed by atoms with E-state index < -0.39 is 6.10 Å². The van der Waals surface area contributed by atoms with E-state index in [0.717, 1.165) is 0 Å². The van der Waals surface area contributed by atoms with Crippen molar-refractivity contribution in [2.45, 2.75) is 26.9 Å². The van der Waals surface area contributed by atoms with Gasteiger partial charge in [-0.2, -0.15) is 0 Å². The summed E-state index contributed by atoms with van der Waals surface area (Å²) in [6.07, 6.45) is -0.534. The van der Waals surface area contributed by atoms with Gasteiger partial charge in [0.1, 0.15) is 0 Å². The Hall–Kier alpha value is -0.450. The second-order valence-corrected chi connectivity index (χ2v) is 4.98. The van der Waals surface area contributed by atoms with Crippen molar-refractivity contribution in [3.63, 3.8) is 0 Å². The fourth-order valence-electron chi connectivity index (χ4n) is 1.15. The number of likely N-dealkylation sites (N-methyl/N-ethyl adjacent to an activating group) is 1. The number of rotatable bonds is 6. The first-order valence-electron chi connectivity index (χ1n) is 5.16. The van der Waals surface area contributed by atoms with Gasteiger partial charge < -0.3 is 9.84 Å². The zero-order valence-electron chi connectivity index (χ0n) is 10.4. The van der Waals surface area contributed by atoms with Crippen LogP contribution in [0.1, 0.15) is 20.8 Å². The van der Waals surface area contributed by atoms with Crippen LogP contribution in [0.4, 0.5) is 0 Å². The van der Waals surface area contributed by atoms with E-state index in [1.807, 2.05) is 32.7 Å². The first-order chi connectivity index (χ1) is 6.77. The molecule has 1 N–H and O–H groups in total. The van der Waals surface area contributed by atoms with Crippen LogP contribution in [-0.4, -0.2) is 55.7 Å². The molecule has 0 aromatic heterocycles. The van der Waals surface area contributed by atoms with Crippen molar-refractivity contribution in [1.29, 1.82) is 0 Å². The van der Waals surface area contributed by atoms with E-state index in [-0.39, 0.29) is 11.2 Å². The summed E-state index contributed by atoms with van der Waals surface area (Å²) in [6, 6.07) is 0. The normalized spacial score (nSPS) is 14.3. The molecular weight excluding hydrogens is 194 g/mol. The highest BCUT2D eigenvalue weighted by Crippen LogP contribution is 2.14. The van der Waals surface area contributed by atoms with Gasteiger partial charge in [0.05, 0.1) is 19.3 Å². The molecule has 0 saturated carbocycles. The molecule has 15 heavy (non-hydrogen) atoms. The van der Waals surface area contributed by atoms with Crippen molar-refractivity contribution in [2.75, 3.05) is 33.9 Å². The third-order valence-corrected chi connectivity index (χ3v) is 2.13. The van der Waals surface area contributed by atoms with Gasteiger partial charge in [-0.3, -0.25) is 9.69 Å². The number of ether oxygens (including phenoxy) is 1. The van der Waals surface area contributed by atoms with Crippen molar-refractivity contribution in [3.8, 4) is 0 Å². The molecule has 0 aliphatic rings. The minimum Gasteiger partial charge on any atom is -0.389 e. The molecular formula is C11H23NO3. The predicted octanol–water partition coefficient (Wildman–Crippen LogP) is 0.541. The average molecular weight is 217 g/mol. The Bertz CT molecular complexity index is 198. The van der Waals surface area contributed by atoms with Gasteiger partial charge in [-0.25, -0.2) is 0 Å². The average Bonchev–Trinajstić information content (AvgIpc) is 2.01. The minimum atomic E-state index is -0.534. The van der Waals surface area contributed by atoms with E-state index in [1.54, 1.807) is 7.11 Å². The number of carbonyl (C=O) groups excluding carboxylic acids is 1. The van der Waals surface area contributed by atoms with Crippen molar-refractivity contribution < 1.29 is 14.6 Å². The first kappa shape index (κ1) is 14.6. The van der Waals surface area contributed by atoms with Gasteiger partial charge in [-0.05, 0) is 7.05 Å². The Morgan fingerprint density at radius 2 is 2.00 bits per heavy atom. The summed E-state index contributed by atoms with van der Waals surface area (Å²) in [5.41, 5.74) is -0.319. The number of hydrogen-bond donors (Lipinski definition) is 1. The van der Waals surface area contributed by atoms with Crippen LogP contribution in [0.2, 0.25) is 0 Å². The summed E-state index contributed by atoms with van der Waals surface area (Å²) in [5.74, 6) is 0.176. The highest BCUT2D eigenvalue weighted by Gasteiger charge is 2.22. The molecule has 1 atom stereocenters. The molecule has 0 heterocycles. The molecule has 4 nitrogen and oxygen atoms in total. The maximum absolute atomic E-state index is 11.7. The molecule has 0 amide bonds. The van der Waals surface area contributed by atoms with Crippen LogP contribution in [0.3, 0.4) is 0 Å². The quantitative estimate of drug-likeness (QED) is 0.705. The Morgan fingerprint density at radius 1 is 1.47 bits per heavy atom. The number of carbonyl (C=O) groups is 1. The highest BCUT2D eigenvalue weighted by atomic mass is 16.5. The van der Waals surface area contributed by atoms with E-state index in [2.05, 4.69) is 0 Å². The molecule has 0 aromatic carbocycles. The zero-order valence-corrected chi connectivity index (χ0v) is 10.4. The van der Waals surface area contributed by atoms with Crippen molar-refractivity contribution in [1.82, 2.24) is 4.90 Å². The Morgan fingerprint density at radius 3 is 2.40 bits per heavy atom. The SMILES string of the molecule is COCC(O)CN(C)CC(=O)C(C)(C)C. The molecule has 0 fully saturated rings. The van der Waals surface area contributed by atoms with Crippen LogP contribution in [0, 0.1) is 5.41 Å². The summed E-state index contributed by atoms with van der Waals surface area (Å²) in [5, 5.41) is 9.46. The Kier molecular flexibility index (Phi) is 6.02. The van der Waals surface area contributed by atoms with Gasteiger partial charge in [0.2, 0.25) is 0 Å². The van der Waals surface area contributed by atoms with Gasteiger partial charge in [-0.15, -0.1) is 0 Å². The van der Waals surface area contributed by atoms with E-state index in [4.69, 9.17) is 4.74 Å². The third-order valence-electron chi connectivity index (χ3n) is 2.13. The maximum atomic E-state index is 11.7. The largest absolute Gasteiger partial charge is 0.389 e. The van der Waals surface area contributed by atoms with Crippen LogP contribution in [0.5, 0.6) is 0 Å². The lowest BCUT2D eigenvalue weighted by Gasteiger charge is -2.23. The van der Waals surface area contributed by atoms with Crippen molar-refractivity contribution in [3.05, 3.63) is 0 Å². The fourth-order valence-corrected chi connectivity index (χ4v) is 1.15. The number of nitrogens with zero attached hydrogens (tertiary/aromatic N) is 1. The topological polar surface area (TPSA) is 49.8 Å². The number of methoxy groups -OCH3 is 1. The summed E-state index contributed by atoms with van der Waals surface area (Å²) in [6.45, 7) is 6.81. The number of Topliss-reactive ketones (excluding diaryl/α,β-unsaturated/α-hetero) is 1. The monoisotopic (exact) mass is 217 g/mol. The Balaban J connectivity index is 3.93. The smallest absolute Gasteiger partial charge is 0.152 e. The molecule has 90 valence electrons. The van der Waals surface area contributed by atoms with Crippen LogP contribution in [0.15, 0.2) is 0 Å². The lowest BCUT2D eigenvalue weighted by atomic mass is 9.90. The summed E-state index contributed by atoms with van der Waals surface area (Å²) < 4.78 is 4.82. The molecule has 0 aliphatic heterocycles. The highest BCUT2D eigenvalue weighted by molar-refractivity contribution is 5.85. The second kappa shape index (κ2) is 6.20. The number of ketones is 1. The molecule has 0 saturated heterocycles. The van der Waals surface area contributed by atoms with E-state index in [9.17, 15) is 9.90 Å². The summed E-state index contributed by atoms with van der Waals surface area (Å²) in [7, 11) is 3.37. The van der Waals surface area contributed by atoms with Crippen LogP contribution >= 0.6 is 0 Å². The predicted molar refractivity (Wildman–Crippen MR) is 59.8 cm³/mol. The van der Waals surface area contributed by atoms with Crippen LogP contribution < -0.4 is 0 Å². The Labute approximate surface area is 92.2 Å². The molecule has 0 aromatic rings. The maximum Gasteiger partial charge on any atom is 0.152 e. The zero-order chi connectivity index (χ0) is 12.1. The third kappa shape index (κ3) is 6.60. The first-order valence-corrected chi connectivity index (χ1v) is 5.16. The van der Waals surface area contributed by atoms with Gasteiger partial charge >= 0.3 is 0 Å². The number of aliphatic hydroxyl groups excluding tert-OH is 1. The van der Waals surface area contributed by atoms with E-state index in [0.29, 0.717) is 19.7 Å². The lowest BCUT2D eigenvalue weighted by molar-refractivity contribution is -0.127. The molecule has 0 aliphatic carbocycles. The van der Waals surface area contributed by atoms with Gasteiger partial charge in [0, 0.05) is 19.1 Å². The van der Waals surface area contributed by atoms with Crippen molar-refractivity contribution in [2.24, 2.45) is 5.41 Å². The number of hydrogen-bond acceptors (Lipinski definition) is 4. The van der Waals surface area contributed by atoms with E-state index in [1.165, 1.54) is 0 Å². The van der Waals surface area contributed by atoms with Gasteiger partial charge in [-0.1, -0.05) is 20.8 Å². The van der Waals surface area contributed by atoms with Gasteiger partial charge in [0.15, 0.2) is 5.78 Å². The van der Waals surface area contributed by atoms with Gasteiger partial charge in [0.25, 0.3) is 0 Å². The molecule has 4 heteroatoms. The summed E-state index contributed by atoms with van der Waals surface area (Å²) >= 11 is 0. The lowest BCUT2D eigenvalue weighted by Crippen LogP contribution is -2.38. The van der Waals surface area contributed by atoms with Crippen LogP contribution in [0.25, 0.3) is 0 Å². The van der Waals surface area contributed by atoms with Crippen molar-refractivity contribution >= 4 is 5.78 Å². The standard InChI is InChI=1S/C11H23NO3/c1-11(2,3)10(14)7-12(4)6-9(13)8-15-5/h9,13H,6-8H2,1-5H3. The molecule has 0 spiro atoms. The van der Waals surface area contributed by atoms with E-state index >= 15 is 0 Å².